The third kappa shape index (κ3) is 3.55. The van der Waals surface area contributed by atoms with E-state index in [4.69, 9.17) is 4.74 Å². The predicted molar refractivity (Wildman–Crippen MR) is 90.0 cm³/mol. The van der Waals surface area contributed by atoms with Gasteiger partial charge in [-0.2, -0.15) is 0 Å². The number of likely N-dealkylation sites (tertiary alicyclic amines) is 1. The van der Waals surface area contributed by atoms with E-state index in [1.807, 2.05) is 17.2 Å². The molecular formula is C19H20FN3O2. The monoisotopic (exact) mass is 341 g/mol. The van der Waals surface area contributed by atoms with Gasteiger partial charge in [-0.3, -0.25) is 14.7 Å². The fourth-order valence-electron chi connectivity index (χ4n) is 3.61. The summed E-state index contributed by atoms with van der Waals surface area (Å²) < 4.78 is 18.9. The molecule has 2 saturated heterocycles. The highest BCUT2D eigenvalue weighted by atomic mass is 19.1. The Morgan fingerprint density at radius 1 is 1.12 bits per heavy atom. The second kappa shape index (κ2) is 6.90. The molecule has 2 aliphatic rings. The van der Waals surface area contributed by atoms with Crippen LogP contribution in [0.1, 0.15) is 11.1 Å². The van der Waals surface area contributed by atoms with Gasteiger partial charge in [-0.15, -0.1) is 0 Å². The van der Waals surface area contributed by atoms with Crippen LogP contribution in [0.4, 0.5) is 4.39 Å². The summed E-state index contributed by atoms with van der Waals surface area (Å²) in [6.45, 7) is 2.97. The average molecular weight is 341 g/mol. The van der Waals surface area contributed by atoms with E-state index in [0.717, 1.165) is 30.8 Å². The summed E-state index contributed by atoms with van der Waals surface area (Å²) in [5.74, 6) is -0.271. The normalized spacial score (nSPS) is 23.7. The molecule has 5 nitrogen and oxygen atoms in total. The Morgan fingerprint density at radius 2 is 1.96 bits per heavy atom. The number of aromatic nitrogens is 1. The summed E-state index contributed by atoms with van der Waals surface area (Å²) in [6, 6.07) is 10.3. The van der Waals surface area contributed by atoms with Gasteiger partial charge >= 0.3 is 0 Å². The Hall–Kier alpha value is -2.31. The third-order valence-corrected chi connectivity index (χ3v) is 4.85. The van der Waals surface area contributed by atoms with Gasteiger partial charge in [-0.05, 0) is 29.3 Å². The Bertz CT molecular complexity index is 738. The first-order valence-electron chi connectivity index (χ1n) is 8.46. The van der Waals surface area contributed by atoms with Crippen LogP contribution >= 0.6 is 0 Å². The van der Waals surface area contributed by atoms with Gasteiger partial charge in [0.25, 0.3) is 0 Å². The van der Waals surface area contributed by atoms with Crippen molar-refractivity contribution in [3.05, 3.63) is 65.7 Å². The molecule has 3 heterocycles. The molecule has 1 amide bonds. The van der Waals surface area contributed by atoms with Crippen LogP contribution in [0.3, 0.4) is 0 Å². The highest BCUT2D eigenvalue weighted by Gasteiger charge is 2.42. The number of carbonyl (C=O) groups excluding carboxylic acids is 1. The van der Waals surface area contributed by atoms with Crippen LogP contribution in [0.5, 0.6) is 0 Å². The lowest BCUT2D eigenvalue weighted by atomic mass is 10.1. The standard InChI is InChI=1S/C19H20FN3O2/c20-16-5-3-14(4-6-16)10-23-17-11-22(9-15-2-1-7-21-8-15)12-18(17)25-13-19(23)24/h1-8,17-18H,9-13H2/t17-,18+/m1/s1. The molecule has 0 unspecified atom stereocenters. The highest BCUT2D eigenvalue weighted by Crippen LogP contribution is 2.26. The van der Waals surface area contributed by atoms with E-state index in [1.165, 1.54) is 12.1 Å². The molecule has 2 atom stereocenters. The van der Waals surface area contributed by atoms with E-state index in [0.29, 0.717) is 6.54 Å². The molecule has 0 saturated carbocycles. The zero-order chi connectivity index (χ0) is 17.2. The van der Waals surface area contributed by atoms with Gasteiger partial charge in [0.1, 0.15) is 12.4 Å². The maximum atomic E-state index is 13.1. The lowest BCUT2D eigenvalue weighted by Crippen LogP contribution is -2.53. The molecule has 0 spiro atoms. The molecule has 4 rings (SSSR count). The van der Waals surface area contributed by atoms with E-state index < -0.39 is 0 Å². The Morgan fingerprint density at radius 3 is 2.72 bits per heavy atom. The molecular weight excluding hydrogens is 321 g/mol. The second-order valence-electron chi connectivity index (χ2n) is 6.62. The van der Waals surface area contributed by atoms with Crippen LogP contribution in [0.2, 0.25) is 0 Å². The number of pyridine rings is 1. The van der Waals surface area contributed by atoms with Crippen molar-refractivity contribution in [2.45, 2.75) is 25.2 Å². The Labute approximate surface area is 146 Å². The number of hydrogen-bond acceptors (Lipinski definition) is 4. The van der Waals surface area contributed by atoms with Crippen molar-refractivity contribution in [2.75, 3.05) is 19.7 Å². The predicted octanol–water partition coefficient (Wildman–Crippen LogP) is 1.83. The number of ether oxygens (including phenoxy) is 1. The summed E-state index contributed by atoms with van der Waals surface area (Å²) in [6.07, 6.45) is 3.65. The lowest BCUT2D eigenvalue weighted by molar-refractivity contribution is -0.153. The van der Waals surface area contributed by atoms with Crippen LogP contribution in [0.15, 0.2) is 48.8 Å². The number of rotatable bonds is 4. The molecule has 6 heteroatoms. The van der Waals surface area contributed by atoms with Crippen molar-refractivity contribution in [3.8, 4) is 0 Å². The van der Waals surface area contributed by atoms with Gasteiger partial charge < -0.3 is 9.64 Å². The number of carbonyl (C=O) groups is 1. The second-order valence-corrected chi connectivity index (χ2v) is 6.62. The first-order chi connectivity index (χ1) is 12.2. The van der Waals surface area contributed by atoms with E-state index in [-0.39, 0.29) is 30.5 Å². The van der Waals surface area contributed by atoms with Crippen LogP contribution in [0, 0.1) is 5.82 Å². The number of fused-ring (bicyclic) bond motifs is 1. The minimum absolute atomic E-state index is 0.00574. The van der Waals surface area contributed by atoms with Crippen molar-refractivity contribution in [2.24, 2.45) is 0 Å². The summed E-state index contributed by atoms with van der Waals surface area (Å²) in [5.41, 5.74) is 2.08. The van der Waals surface area contributed by atoms with Gasteiger partial charge in [-0.1, -0.05) is 18.2 Å². The molecule has 1 aromatic carbocycles. The zero-order valence-electron chi connectivity index (χ0n) is 13.8. The van der Waals surface area contributed by atoms with Crippen molar-refractivity contribution < 1.29 is 13.9 Å². The van der Waals surface area contributed by atoms with Crippen LogP contribution in [0.25, 0.3) is 0 Å². The molecule has 1 aromatic heterocycles. The van der Waals surface area contributed by atoms with Crippen molar-refractivity contribution >= 4 is 5.91 Å². The van der Waals surface area contributed by atoms with E-state index in [9.17, 15) is 9.18 Å². The van der Waals surface area contributed by atoms with Crippen molar-refractivity contribution in [1.29, 1.82) is 0 Å². The molecule has 0 N–H and O–H groups in total. The quantitative estimate of drug-likeness (QED) is 0.851. The first-order valence-corrected chi connectivity index (χ1v) is 8.46. The minimum atomic E-state index is -0.265. The molecule has 2 aromatic rings. The van der Waals surface area contributed by atoms with E-state index >= 15 is 0 Å². The maximum absolute atomic E-state index is 13.1. The number of benzene rings is 1. The van der Waals surface area contributed by atoms with E-state index in [1.54, 1.807) is 18.3 Å². The average Bonchev–Trinajstić information content (AvgIpc) is 3.03. The zero-order valence-corrected chi connectivity index (χ0v) is 13.8. The summed E-state index contributed by atoms with van der Waals surface area (Å²) >= 11 is 0. The fraction of sp³-hybridized carbons (Fsp3) is 0.368. The number of hydrogen-bond donors (Lipinski definition) is 0. The number of halogens is 1. The molecule has 2 aliphatic heterocycles. The van der Waals surface area contributed by atoms with Crippen LogP contribution in [-0.2, 0) is 22.6 Å². The van der Waals surface area contributed by atoms with Gasteiger partial charge in [0.2, 0.25) is 5.91 Å². The molecule has 25 heavy (non-hydrogen) atoms. The summed E-state index contributed by atoms with van der Waals surface area (Å²) in [7, 11) is 0. The largest absolute Gasteiger partial charge is 0.365 e. The molecule has 0 bridgehead atoms. The minimum Gasteiger partial charge on any atom is -0.365 e. The van der Waals surface area contributed by atoms with Crippen LogP contribution in [-0.4, -0.2) is 52.5 Å². The first kappa shape index (κ1) is 16.2. The number of morpholine rings is 1. The molecule has 0 radical (unpaired) electrons. The van der Waals surface area contributed by atoms with Gasteiger partial charge in [0.15, 0.2) is 0 Å². The Balaban J connectivity index is 1.46. The lowest BCUT2D eigenvalue weighted by Gasteiger charge is -2.36. The third-order valence-electron chi connectivity index (χ3n) is 4.85. The van der Waals surface area contributed by atoms with Crippen molar-refractivity contribution in [3.63, 3.8) is 0 Å². The number of amides is 1. The molecule has 0 aliphatic carbocycles. The van der Waals surface area contributed by atoms with E-state index in [2.05, 4.69) is 16.0 Å². The summed E-state index contributed by atoms with van der Waals surface area (Å²) in [5, 5.41) is 0. The topological polar surface area (TPSA) is 45.7 Å². The number of nitrogens with zero attached hydrogens (tertiary/aromatic N) is 3. The van der Waals surface area contributed by atoms with Crippen LogP contribution < -0.4 is 0 Å². The highest BCUT2D eigenvalue weighted by molar-refractivity contribution is 5.78. The smallest absolute Gasteiger partial charge is 0.249 e. The Kier molecular flexibility index (Phi) is 4.46. The maximum Gasteiger partial charge on any atom is 0.249 e. The van der Waals surface area contributed by atoms with Crippen molar-refractivity contribution in [1.82, 2.24) is 14.8 Å². The summed E-state index contributed by atoms with van der Waals surface area (Å²) in [4.78, 5) is 20.7. The van der Waals surface area contributed by atoms with Gasteiger partial charge in [-0.25, -0.2) is 4.39 Å². The van der Waals surface area contributed by atoms with Gasteiger partial charge in [0, 0.05) is 38.6 Å². The SMILES string of the molecule is O=C1CO[C@H]2CN(Cc3cccnc3)C[C@H]2N1Cc1ccc(F)cc1. The molecule has 2 fully saturated rings. The molecule has 130 valence electrons. The van der Waals surface area contributed by atoms with Gasteiger partial charge in [0.05, 0.1) is 12.1 Å². The fourth-order valence-corrected chi connectivity index (χ4v) is 3.61.